The zero-order chi connectivity index (χ0) is 18.7. The van der Waals surface area contributed by atoms with Crippen LogP contribution in [0.15, 0.2) is 72.5 Å². The van der Waals surface area contributed by atoms with Crippen molar-refractivity contribution in [3.8, 4) is 11.4 Å². The lowest BCUT2D eigenvalue weighted by Crippen LogP contribution is -1.84. The lowest BCUT2D eigenvalue weighted by molar-refractivity contribution is 1.32. The molecule has 0 aliphatic rings. The number of imidazole rings is 1. The number of hydrogen-bond acceptors (Lipinski definition) is 1. The van der Waals surface area contributed by atoms with E-state index in [2.05, 4.69) is 105 Å². The third kappa shape index (κ3) is 2.89. The first-order valence-electron chi connectivity index (χ1n) is 8.17. The van der Waals surface area contributed by atoms with Gasteiger partial charge in [-0.25, -0.2) is 4.98 Å². The molecule has 27 heavy (non-hydrogen) atoms. The monoisotopic (exact) mass is 606 g/mol. The first-order valence-corrected chi connectivity index (χ1v) is 11.3. The molecule has 0 atom stereocenters. The Labute approximate surface area is 188 Å². The number of H-pyrrole nitrogens is 1. The van der Waals surface area contributed by atoms with Crippen molar-refractivity contribution in [2.45, 2.75) is 0 Å². The van der Waals surface area contributed by atoms with Gasteiger partial charge in [0.15, 0.2) is 0 Å². The minimum atomic E-state index is 0.837. The molecule has 2 nitrogen and oxygen atoms in total. The Morgan fingerprint density at radius 2 is 1.26 bits per heavy atom. The van der Waals surface area contributed by atoms with Crippen LogP contribution in [0.1, 0.15) is 0 Å². The number of nitrogens with zero attached hydrogens (tertiary/aromatic N) is 1. The molecule has 0 spiro atoms. The van der Waals surface area contributed by atoms with Gasteiger partial charge in [0.25, 0.3) is 0 Å². The van der Waals surface area contributed by atoms with Gasteiger partial charge in [-0.15, -0.1) is 0 Å². The molecule has 132 valence electrons. The van der Waals surface area contributed by atoms with Crippen LogP contribution < -0.4 is 0 Å². The van der Waals surface area contributed by atoms with Crippen molar-refractivity contribution in [1.29, 1.82) is 0 Å². The van der Waals surface area contributed by atoms with Gasteiger partial charge >= 0.3 is 0 Å². The summed E-state index contributed by atoms with van der Waals surface area (Å²) in [7, 11) is 0. The summed E-state index contributed by atoms with van der Waals surface area (Å²) in [5.74, 6) is 0.837. The van der Waals surface area contributed by atoms with Gasteiger partial charge in [-0.05, 0) is 79.0 Å². The third-order valence-corrected chi connectivity index (χ3v) is 6.99. The maximum absolute atomic E-state index is 4.99. The fourth-order valence-corrected chi connectivity index (χ4v) is 5.60. The number of nitrogens with one attached hydrogen (secondary N) is 1. The summed E-state index contributed by atoms with van der Waals surface area (Å²) in [5, 5.41) is 4.65. The van der Waals surface area contributed by atoms with Gasteiger partial charge in [-0.2, -0.15) is 0 Å². The van der Waals surface area contributed by atoms with Gasteiger partial charge in [-0.3, -0.25) is 0 Å². The van der Waals surface area contributed by atoms with Crippen LogP contribution in [0.4, 0.5) is 0 Å². The molecule has 0 aliphatic carbocycles. The molecule has 0 aliphatic heterocycles. The zero-order valence-electron chi connectivity index (χ0n) is 13.7. The van der Waals surface area contributed by atoms with Crippen molar-refractivity contribution in [1.82, 2.24) is 9.97 Å². The third-order valence-electron chi connectivity index (χ3n) is 4.68. The number of rotatable bonds is 1. The summed E-state index contributed by atoms with van der Waals surface area (Å²) in [6, 6.07) is 18.8. The highest BCUT2D eigenvalue weighted by molar-refractivity contribution is 9.11. The maximum atomic E-state index is 4.99. The van der Waals surface area contributed by atoms with Crippen LogP contribution in [0.2, 0.25) is 0 Å². The molecule has 4 aromatic carbocycles. The fourth-order valence-electron chi connectivity index (χ4n) is 3.51. The molecule has 0 saturated heterocycles. The molecule has 0 amide bonds. The van der Waals surface area contributed by atoms with E-state index in [1.807, 2.05) is 18.2 Å². The van der Waals surface area contributed by atoms with Gasteiger partial charge in [-0.1, -0.05) is 50.1 Å². The van der Waals surface area contributed by atoms with Crippen LogP contribution in [0, 0.1) is 0 Å². The first-order chi connectivity index (χ1) is 13.0. The molecule has 0 unspecified atom stereocenters. The molecule has 1 aromatic heterocycles. The standard InChI is InChI=1S/C21H10Br4N2/c22-10-4-6-12-14(8-10)15-9-11(23)5-7-13(15)20-19(12)26-21(27-20)18-16(24)2-1-3-17(18)25/h1-9H,(H,26,27). The summed E-state index contributed by atoms with van der Waals surface area (Å²) in [6.45, 7) is 0. The Bertz CT molecular complexity index is 1270. The second-order valence-corrected chi connectivity index (χ2v) is 9.83. The second-order valence-electron chi connectivity index (χ2n) is 6.29. The minimum absolute atomic E-state index is 0.837. The maximum Gasteiger partial charge on any atom is 0.140 e. The number of halogens is 4. The molecule has 1 heterocycles. The molecule has 6 heteroatoms. The van der Waals surface area contributed by atoms with E-state index in [4.69, 9.17) is 4.98 Å². The second kappa shape index (κ2) is 6.69. The summed E-state index contributed by atoms with van der Waals surface area (Å²) < 4.78 is 4.11. The van der Waals surface area contributed by atoms with Crippen LogP contribution in [0.3, 0.4) is 0 Å². The number of aromatic nitrogens is 2. The van der Waals surface area contributed by atoms with E-state index in [0.29, 0.717) is 0 Å². The average Bonchev–Trinajstić information content (AvgIpc) is 3.06. The van der Waals surface area contributed by atoms with E-state index >= 15 is 0 Å². The van der Waals surface area contributed by atoms with Gasteiger partial charge in [0.1, 0.15) is 5.82 Å². The van der Waals surface area contributed by atoms with E-state index < -0.39 is 0 Å². The lowest BCUT2D eigenvalue weighted by atomic mass is 10.0. The summed E-state index contributed by atoms with van der Waals surface area (Å²) in [5.41, 5.74) is 3.04. The highest BCUT2D eigenvalue weighted by Gasteiger charge is 2.17. The Kier molecular flexibility index (Phi) is 4.43. The molecule has 0 radical (unpaired) electrons. The summed E-state index contributed by atoms with van der Waals surface area (Å²) in [6.07, 6.45) is 0. The number of hydrogen-bond donors (Lipinski definition) is 1. The lowest BCUT2D eigenvalue weighted by Gasteiger charge is -2.07. The van der Waals surface area contributed by atoms with E-state index in [-0.39, 0.29) is 0 Å². The van der Waals surface area contributed by atoms with Crippen molar-refractivity contribution >= 4 is 96.3 Å². The molecule has 0 saturated carbocycles. The number of benzene rings is 4. The van der Waals surface area contributed by atoms with Crippen LogP contribution >= 0.6 is 63.7 Å². The largest absolute Gasteiger partial charge is 0.337 e. The Hall–Kier alpha value is -1.21. The SMILES string of the molecule is Brc1ccc2c(c1)c1cc(Br)ccc1c1[nH]c(-c3c(Br)cccc3Br)nc21. The average molecular weight is 610 g/mol. The Balaban J connectivity index is 1.98. The van der Waals surface area contributed by atoms with Crippen molar-refractivity contribution in [2.24, 2.45) is 0 Å². The molecular formula is C21H10Br4N2. The smallest absolute Gasteiger partial charge is 0.140 e. The molecule has 0 bridgehead atoms. The summed E-state index contributed by atoms with van der Waals surface area (Å²) in [4.78, 5) is 8.56. The molecule has 5 aromatic rings. The van der Waals surface area contributed by atoms with Crippen molar-refractivity contribution < 1.29 is 0 Å². The van der Waals surface area contributed by atoms with E-state index in [0.717, 1.165) is 51.1 Å². The van der Waals surface area contributed by atoms with Crippen LogP contribution in [0.5, 0.6) is 0 Å². The highest BCUT2D eigenvalue weighted by Crippen LogP contribution is 2.40. The van der Waals surface area contributed by atoms with Gasteiger partial charge < -0.3 is 4.98 Å². The Morgan fingerprint density at radius 1 is 0.667 bits per heavy atom. The first kappa shape index (κ1) is 17.9. The van der Waals surface area contributed by atoms with Gasteiger partial charge in [0, 0.05) is 34.2 Å². The molecule has 1 N–H and O–H groups in total. The van der Waals surface area contributed by atoms with Crippen LogP contribution in [-0.4, -0.2) is 9.97 Å². The topological polar surface area (TPSA) is 28.7 Å². The van der Waals surface area contributed by atoms with Crippen molar-refractivity contribution in [3.63, 3.8) is 0 Å². The van der Waals surface area contributed by atoms with Crippen molar-refractivity contribution in [2.75, 3.05) is 0 Å². The van der Waals surface area contributed by atoms with Crippen LogP contribution in [0.25, 0.3) is 44.0 Å². The van der Waals surface area contributed by atoms with E-state index in [9.17, 15) is 0 Å². The highest BCUT2D eigenvalue weighted by atomic mass is 79.9. The number of fused-ring (bicyclic) bond motifs is 6. The van der Waals surface area contributed by atoms with Gasteiger partial charge in [0.05, 0.1) is 11.0 Å². The molecule has 0 fully saturated rings. The summed E-state index contributed by atoms with van der Waals surface area (Å²) >= 11 is 14.5. The quantitative estimate of drug-likeness (QED) is 0.190. The van der Waals surface area contributed by atoms with Gasteiger partial charge in [0.2, 0.25) is 0 Å². The van der Waals surface area contributed by atoms with Crippen LogP contribution in [-0.2, 0) is 0 Å². The predicted octanol–water partition coefficient (Wildman–Crippen LogP) is 8.59. The Morgan fingerprint density at radius 3 is 1.93 bits per heavy atom. The van der Waals surface area contributed by atoms with Crippen molar-refractivity contribution in [3.05, 3.63) is 72.5 Å². The molecule has 5 rings (SSSR count). The predicted molar refractivity (Wildman–Crippen MR) is 127 cm³/mol. The molecular weight excluding hydrogens is 600 g/mol. The fraction of sp³-hybridized carbons (Fsp3) is 0. The van der Waals surface area contributed by atoms with E-state index in [1.54, 1.807) is 0 Å². The minimum Gasteiger partial charge on any atom is -0.337 e. The zero-order valence-corrected chi connectivity index (χ0v) is 20.0. The van der Waals surface area contributed by atoms with E-state index in [1.165, 1.54) is 10.8 Å². The number of aromatic amines is 1. The normalized spacial score (nSPS) is 11.7.